The lowest BCUT2D eigenvalue weighted by molar-refractivity contribution is -0.143. The van der Waals surface area contributed by atoms with Gasteiger partial charge in [0.1, 0.15) is 5.60 Å². The number of benzene rings is 1. The van der Waals surface area contributed by atoms with Gasteiger partial charge in [-0.05, 0) is 68.3 Å². The topological polar surface area (TPSA) is 86.6 Å². The van der Waals surface area contributed by atoms with E-state index in [-0.39, 0.29) is 5.92 Å². The SMILES string of the molecule is CC(C)(O)C#Cc1ncc(-c2ccc3cncc(CN4CCC(C(=O)O)CC4)c3c2)s1. The molecule has 0 saturated carbocycles. The molecule has 1 saturated heterocycles. The summed E-state index contributed by atoms with van der Waals surface area (Å²) in [5, 5.41) is 21.9. The summed E-state index contributed by atoms with van der Waals surface area (Å²) in [7, 11) is 0. The van der Waals surface area contributed by atoms with Gasteiger partial charge < -0.3 is 10.2 Å². The minimum absolute atomic E-state index is 0.228. The monoisotopic (exact) mass is 435 g/mol. The van der Waals surface area contributed by atoms with Crippen LogP contribution in [0.3, 0.4) is 0 Å². The van der Waals surface area contributed by atoms with Gasteiger partial charge in [0.05, 0.1) is 10.8 Å². The van der Waals surface area contributed by atoms with Gasteiger partial charge in [-0.1, -0.05) is 18.1 Å². The molecule has 7 heteroatoms. The molecule has 0 bridgehead atoms. The van der Waals surface area contributed by atoms with Crippen LogP contribution in [0.25, 0.3) is 21.2 Å². The molecular weight excluding hydrogens is 410 g/mol. The smallest absolute Gasteiger partial charge is 0.306 e. The van der Waals surface area contributed by atoms with Gasteiger partial charge in [-0.3, -0.25) is 14.7 Å². The van der Waals surface area contributed by atoms with Crippen LogP contribution in [0.5, 0.6) is 0 Å². The quantitative estimate of drug-likeness (QED) is 0.607. The molecule has 0 aliphatic carbocycles. The zero-order valence-corrected chi connectivity index (χ0v) is 18.4. The van der Waals surface area contributed by atoms with Crippen LogP contribution in [-0.4, -0.2) is 49.7 Å². The molecule has 0 spiro atoms. The van der Waals surface area contributed by atoms with Gasteiger partial charge >= 0.3 is 5.97 Å². The van der Waals surface area contributed by atoms with Crippen molar-refractivity contribution in [2.24, 2.45) is 5.92 Å². The highest BCUT2D eigenvalue weighted by Gasteiger charge is 2.24. The maximum Gasteiger partial charge on any atom is 0.306 e. The van der Waals surface area contributed by atoms with E-state index in [4.69, 9.17) is 0 Å². The Balaban J connectivity index is 1.57. The Kier molecular flexibility index (Phi) is 6.05. The fraction of sp³-hybridized carbons (Fsp3) is 0.375. The van der Waals surface area contributed by atoms with Crippen LogP contribution in [0.2, 0.25) is 0 Å². The predicted octanol–water partition coefficient (Wildman–Crippen LogP) is 3.78. The molecule has 31 heavy (non-hydrogen) atoms. The van der Waals surface area contributed by atoms with Gasteiger partial charge in [-0.2, -0.15) is 0 Å². The summed E-state index contributed by atoms with van der Waals surface area (Å²) in [5.74, 6) is 4.82. The Bertz CT molecular complexity index is 1160. The number of thiazole rings is 1. The van der Waals surface area contributed by atoms with Crippen molar-refractivity contribution in [3.05, 3.63) is 47.4 Å². The zero-order chi connectivity index (χ0) is 22.0. The number of nitrogens with zero attached hydrogens (tertiary/aromatic N) is 3. The average molecular weight is 436 g/mol. The van der Waals surface area contributed by atoms with E-state index in [1.54, 1.807) is 13.8 Å². The van der Waals surface area contributed by atoms with Crippen LogP contribution in [-0.2, 0) is 11.3 Å². The van der Waals surface area contributed by atoms with Crippen molar-refractivity contribution >= 4 is 28.1 Å². The van der Waals surface area contributed by atoms with Crippen molar-refractivity contribution in [3.8, 4) is 22.3 Å². The molecule has 6 nitrogen and oxygen atoms in total. The molecule has 3 aromatic rings. The summed E-state index contributed by atoms with van der Waals surface area (Å²) in [6, 6.07) is 6.30. The summed E-state index contributed by atoms with van der Waals surface area (Å²) in [6.45, 7) is 5.62. The maximum absolute atomic E-state index is 11.2. The molecule has 1 aliphatic heterocycles. The van der Waals surface area contributed by atoms with E-state index in [1.807, 2.05) is 18.6 Å². The largest absolute Gasteiger partial charge is 0.481 e. The highest BCUT2D eigenvalue weighted by atomic mass is 32.1. The molecule has 1 fully saturated rings. The van der Waals surface area contributed by atoms with E-state index in [0.717, 1.165) is 46.4 Å². The minimum atomic E-state index is -1.05. The number of piperidine rings is 1. The van der Waals surface area contributed by atoms with Crippen LogP contribution < -0.4 is 0 Å². The second-order valence-corrected chi connectivity index (χ2v) is 9.49. The van der Waals surface area contributed by atoms with E-state index in [0.29, 0.717) is 17.8 Å². The highest BCUT2D eigenvalue weighted by Crippen LogP contribution is 2.31. The summed E-state index contributed by atoms with van der Waals surface area (Å²) < 4.78 is 0. The van der Waals surface area contributed by atoms with Crippen molar-refractivity contribution in [3.63, 3.8) is 0 Å². The maximum atomic E-state index is 11.2. The lowest BCUT2D eigenvalue weighted by Gasteiger charge is -2.30. The van der Waals surface area contributed by atoms with Crippen LogP contribution >= 0.6 is 11.3 Å². The molecule has 2 N–H and O–H groups in total. The fourth-order valence-electron chi connectivity index (χ4n) is 3.75. The molecule has 1 aromatic carbocycles. The van der Waals surface area contributed by atoms with Crippen molar-refractivity contribution < 1.29 is 15.0 Å². The normalized spacial score (nSPS) is 15.6. The van der Waals surface area contributed by atoms with Gasteiger partial charge in [-0.25, -0.2) is 4.98 Å². The number of fused-ring (bicyclic) bond motifs is 1. The molecule has 0 radical (unpaired) electrons. The molecule has 1 aliphatic rings. The van der Waals surface area contributed by atoms with E-state index in [1.165, 1.54) is 11.3 Å². The van der Waals surface area contributed by atoms with Gasteiger partial charge in [0, 0.05) is 30.5 Å². The Morgan fingerprint density at radius 3 is 2.74 bits per heavy atom. The number of aliphatic carboxylic acids is 1. The first kappa shape index (κ1) is 21.4. The van der Waals surface area contributed by atoms with E-state index in [2.05, 4.69) is 44.9 Å². The molecular formula is C24H25N3O3S. The summed E-state index contributed by atoms with van der Waals surface area (Å²) in [4.78, 5) is 23.3. The number of hydrogen-bond donors (Lipinski definition) is 2. The molecule has 0 amide bonds. The first-order valence-corrected chi connectivity index (χ1v) is 11.1. The molecule has 2 aromatic heterocycles. The second kappa shape index (κ2) is 8.75. The third-order valence-electron chi connectivity index (χ3n) is 5.44. The molecule has 0 unspecified atom stereocenters. The third-order valence-corrected chi connectivity index (χ3v) is 6.40. The Hall–Kier alpha value is -2.79. The van der Waals surface area contributed by atoms with Gasteiger partial charge in [0.2, 0.25) is 0 Å². The third kappa shape index (κ3) is 5.28. The van der Waals surface area contributed by atoms with Crippen LogP contribution in [0.4, 0.5) is 0 Å². The fourth-order valence-corrected chi connectivity index (χ4v) is 4.52. The van der Waals surface area contributed by atoms with Crippen LogP contribution in [0, 0.1) is 17.8 Å². The predicted molar refractivity (Wildman–Crippen MR) is 122 cm³/mol. The van der Waals surface area contributed by atoms with Crippen LogP contribution in [0.1, 0.15) is 37.3 Å². The van der Waals surface area contributed by atoms with E-state index >= 15 is 0 Å². The number of carboxylic acid groups (broad SMARTS) is 1. The number of likely N-dealkylation sites (tertiary alicyclic amines) is 1. The average Bonchev–Trinajstić information content (AvgIpc) is 3.21. The number of rotatable bonds is 4. The summed E-state index contributed by atoms with van der Waals surface area (Å²) >= 11 is 1.50. The zero-order valence-electron chi connectivity index (χ0n) is 17.6. The van der Waals surface area contributed by atoms with Crippen molar-refractivity contribution in [2.45, 2.75) is 38.8 Å². The van der Waals surface area contributed by atoms with Crippen molar-refractivity contribution in [2.75, 3.05) is 13.1 Å². The lowest BCUT2D eigenvalue weighted by Crippen LogP contribution is -2.35. The number of carboxylic acids is 1. The highest BCUT2D eigenvalue weighted by molar-refractivity contribution is 7.15. The Labute approximate surface area is 185 Å². The Morgan fingerprint density at radius 1 is 1.26 bits per heavy atom. The van der Waals surface area contributed by atoms with E-state index < -0.39 is 11.6 Å². The number of aliphatic hydroxyl groups is 1. The molecule has 3 heterocycles. The number of hydrogen-bond acceptors (Lipinski definition) is 6. The van der Waals surface area contributed by atoms with Gasteiger partial charge in [0.25, 0.3) is 0 Å². The first-order chi connectivity index (χ1) is 14.8. The second-order valence-electron chi connectivity index (χ2n) is 8.46. The summed E-state index contributed by atoms with van der Waals surface area (Å²) in [5.41, 5.74) is 1.16. The van der Waals surface area contributed by atoms with Crippen LogP contribution in [0.15, 0.2) is 36.8 Å². The van der Waals surface area contributed by atoms with Gasteiger partial charge in [-0.15, -0.1) is 11.3 Å². The first-order valence-electron chi connectivity index (χ1n) is 10.3. The van der Waals surface area contributed by atoms with Gasteiger partial charge in [0.15, 0.2) is 5.01 Å². The number of aromatic nitrogens is 2. The summed E-state index contributed by atoms with van der Waals surface area (Å²) in [6.07, 6.45) is 6.97. The standard InChI is InChI=1S/C24H25N3O3S/c1-24(2,30)8-5-22-26-14-21(31-22)17-3-4-18-12-25-13-19(20(18)11-17)15-27-9-6-16(7-10-27)23(28)29/h3-4,11-14,16,30H,6-7,9-10,15H2,1-2H3,(H,28,29). The molecule has 160 valence electrons. The number of pyridine rings is 1. The van der Waals surface area contributed by atoms with Crippen molar-refractivity contribution in [1.29, 1.82) is 0 Å². The molecule has 0 atom stereocenters. The lowest BCUT2D eigenvalue weighted by atomic mass is 9.96. The van der Waals surface area contributed by atoms with Crippen molar-refractivity contribution in [1.82, 2.24) is 14.9 Å². The minimum Gasteiger partial charge on any atom is -0.481 e. The van der Waals surface area contributed by atoms with E-state index in [9.17, 15) is 15.0 Å². The number of carbonyl (C=O) groups is 1. The molecule has 4 rings (SSSR count). The Morgan fingerprint density at radius 2 is 2.03 bits per heavy atom.